The molecule has 0 bridgehead atoms. The summed E-state index contributed by atoms with van der Waals surface area (Å²) in [5, 5.41) is 14.5. The number of carbonyl (C=O) groups excluding carboxylic acids is 3. The zero-order valence-corrected chi connectivity index (χ0v) is 14.5. The molecule has 1 aromatic carbocycles. The molecule has 0 N–H and O–H groups in total. The van der Waals surface area contributed by atoms with E-state index in [1.807, 2.05) is 6.92 Å². The molecule has 1 atom stereocenters. The molecule has 1 aromatic rings. The van der Waals surface area contributed by atoms with Crippen molar-refractivity contribution < 1.29 is 24.0 Å². The summed E-state index contributed by atoms with van der Waals surface area (Å²) < 4.78 is 5.38. The first-order valence-corrected chi connectivity index (χ1v) is 8.27. The zero-order chi connectivity index (χ0) is 20.0. The van der Waals surface area contributed by atoms with Crippen molar-refractivity contribution in [3.63, 3.8) is 0 Å². The summed E-state index contributed by atoms with van der Waals surface area (Å²) in [6.07, 6.45) is 1.17. The van der Waals surface area contributed by atoms with Gasteiger partial charge in [-0.15, -0.1) is 0 Å². The van der Waals surface area contributed by atoms with E-state index in [1.54, 1.807) is 0 Å². The number of amides is 3. The number of ether oxygens (including phenoxy) is 1. The Kier molecular flexibility index (Phi) is 6.58. The predicted octanol–water partition coefficient (Wildman–Crippen LogP) is 3.01. The molecule has 1 unspecified atom stereocenters. The fraction of sp³-hybridized carbons (Fsp3) is 0.438. The molecule has 1 aliphatic heterocycles. The van der Waals surface area contributed by atoms with E-state index in [4.69, 9.17) is 10.3 Å². The third kappa shape index (κ3) is 4.46. The smallest absolute Gasteiger partial charge is 0.282 e. The summed E-state index contributed by atoms with van der Waals surface area (Å²) in [5.74, 6) is -2.80. The van der Waals surface area contributed by atoms with Crippen molar-refractivity contribution >= 4 is 29.1 Å². The van der Waals surface area contributed by atoms with Crippen LogP contribution in [-0.4, -0.2) is 40.3 Å². The molecular weight excluding hydrogens is 358 g/mol. The maximum Gasteiger partial charge on any atom is 0.282 e. The zero-order valence-electron chi connectivity index (χ0n) is 14.5. The summed E-state index contributed by atoms with van der Waals surface area (Å²) in [6.45, 7) is 2.27. The van der Waals surface area contributed by atoms with Crippen molar-refractivity contribution in [3.05, 3.63) is 44.3 Å². The maximum atomic E-state index is 12.7. The van der Waals surface area contributed by atoms with Crippen molar-refractivity contribution in [2.75, 3.05) is 6.61 Å². The van der Waals surface area contributed by atoms with E-state index >= 15 is 0 Å². The first kappa shape index (κ1) is 20.0. The third-order valence-electron chi connectivity index (χ3n) is 3.94. The summed E-state index contributed by atoms with van der Waals surface area (Å²) in [5.41, 5.74) is 7.30. The fourth-order valence-electron chi connectivity index (χ4n) is 2.61. The Labute approximate surface area is 153 Å². The van der Waals surface area contributed by atoms with Crippen molar-refractivity contribution in [2.45, 2.75) is 38.7 Å². The number of nitro benzene ring substituents is 1. The van der Waals surface area contributed by atoms with Gasteiger partial charge < -0.3 is 4.74 Å². The van der Waals surface area contributed by atoms with Crippen molar-refractivity contribution in [2.24, 2.45) is 5.11 Å². The quantitative estimate of drug-likeness (QED) is 0.129. The highest BCUT2D eigenvalue weighted by atomic mass is 16.6. The lowest BCUT2D eigenvalue weighted by Gasteiger charge is -2.14. The van der Waals surface area contributed by atoms with E-state index in [2.05, 4.69) is 10.0 Å². The highest BCUT2D eigenvalue weighted by molar-refractivity contribution is 6.22. The van der Waals surface area contributed by atoms with Crippen LogP contribution in [0, 0.1) is 10.1 Å². The molecule has 2 rings (SSSR count). The Hall–Kier alpha value is -3.30. The number of unbranched alkanes of at least 4 members (excludes halogenated alkanes) is 2. The van der Waals surface area contributed by atoms with Gasteiger partial charge in [-0.3, -0.25) is 24.5 Å². The number of nitrogens with zero attached hydrogens (tertiary/aromatic N) is 5. The molecule has 0 spiro atoms. The molecule has 3 amide bonds. The molecule has 0 saturated carbocycles. The van der Waals surface area contributed by atoms with Crippen LogP contribution in [0.4, 0.5) is 11.4 Å². The molecule has 0 radical (unpaired) electrons. The molecule has 27 heavy (non-hydrogen) atoms. The number of likely N-dealkylation sites (tertiary alicyclic amines) is 1. The molecular formula is C16H17N5O6. The number of hydrogen-bond donors (Lipinski definition) is 0. The Balaban J connectivity index is 2.27. The van der Waals surface area contributed by atoms with Crippen LogP contribution in [-0.2, 0) is 14.3 Å². The van der Waals surface area contributed by atoms with E-state index in [1.165, 1.54) is 0 Å². The number of nitro groups is 1. The summed E-state index contributed by atoms with van der Waals surface area (Å²) in [7, 11) is 0. The van der Waals surface area contributed by atoms with Gasteiger partial charge >= 0.3 is 0 Å². The molecule has 11 nitrogen and oxygen atoms in total. The van der Waals surface area contributed by atoms with E-state index in [0.29, 0.717) is 11.3 Å². The number of benzene rings is 1. The SMILES string of the molecule is CCCCCOC1CC(=O)N(C(=O)c2cc(N=[N+]=[N-])ccc2[N+](=O)[O-])C1=O. The monoisotopic (exact) mass is 375 g/mol. The van der Waals surface area contributed by atoms with Gasteiger partial charge in [0.25, 0.3) is 17.5 Å². The summed E-state index contributed by atoms with van der Waals surface area (Å²) in [4.78, 5) is 50.5. The second kappa shape index (κ2) is 8.88. The van der Waals surface area contributed by atoms with Gasteiger partial charge in [0.1, 0.15) is 11.7 Å². The average Bonchev–Trinajstić information content (AvgIpc) is 2.92. The van der Waals surface area contributed by atoms with E-state index in [0.717, 1.165) is 31.0 Å². The summed E-state index contributed by atoms with van der Waals surface area (Å²) in [6, 6.07) is 3.10. The maximum absolute atomic E-state index is 12.7. The van der Waals surface area contributed by atoms with Crippen molar-refractivity contribution in [1.82, 2.24) is 4.90 Å². The molecule has 1 heterocycles. The predicted molar refractivity (Wildman–Crippen MR) is 92.0 cm³/mol. The van der Waals surface area contributed by atoms with E-state index in [9.17, 15) is 24.5 Å². The third-order valence-corrected chi connectivity index (χ3v) is 3.94. The first-order valence-electron chi connectivity index (χ1n) is 8.27. The van der Waals surface area contributed by atoms with Gasteiger partial charge in [0.05, 0.1) is 11.3 Å². The van der Waals surface area contributed by atoms with E-state index in [-0.39, 0.29) is 18.7 Å². The highest BCUT2D eigenvalue weighted by Crippen LogP contribution is 2.28. The van der Waals surface area contributed by atoms with Gasteiger partial charge in [0.2, 0.25) is 5.91 Å². The van der Waals surface area contributed by atoms with E-state index < -0.39 is 40.0 Å². The summed E-state index contributed by atoms with van der Waals surface area (Å²) >= 11 is 0. The van der Waals surface area contributed by atoms with Crippen LogP contribution in [0.2, 0.25) is 0 Å². The minimum Gasteiger partial charge on any atom is -0.368 e. The van der Waals surface area contributed by atoms with Gasteiger partial charge in [-0.1, -0.05) is 24.9 Å². The topological polar surface area (TPSA) is 156 Å². The fourth-order valence-corrected chi connectivity index (χ4v) is 2.61. The molecule has 1 saturated heterocycles. The van der Waals surface area contributed by atoms with Crippen LogP contribution in [0.25, 0.3) is 10.4 Å². The van der Waals surface area contributed by atoms with Gasteiger partial charge in [-0.25, -0.2) is 4.90 Å². The standard InChI is InChI=1S/C16H17N5O6/c1-2-3-4-7-27-13-9-14(22)20(16(13)24)15(23)11-8-10(18-19-17)5-6-12(11)21(25)26/h5-6,8,13H,2-4,7,9H2,1H3. The van der Waals surface area contributed by atoms with Crippen molar-refractivity contribution in [3.8, 4) is 0 Å². The van der Waals surface area contributed by atoms with Crippen LogP contribution in [0.1, 0.15) is 43.0 Å². The minimum absolute atomic E-state index is 0.0575. The molecule has 1 aliphatic rings. The van der Waals surface area contributed by atoms with Crippen LogP contribution in [0.3, 0.4) is 0 Å². The first-order chi connectivity index (χ1) is 12.9. The van der Waals surface area contributed by atoms with Crippen molar-refractivity contribution in [1.29, 1.82) is 0 Å². The number of carbonyl (C=O) groups is 3. The second-order valence-electron chi connectivity index (χ2n) is 5.79. The van der Waals surface area contributed by atoms with Crippen LogP contribution >= 0.6 is 0 Å². The Morgan fingerprint density at radius 1 is 1.44 bits per heavy atom. The number of imide groups is 3. The lowest BCUT2D eigenvalue weighted by Crippen LogP contribution is -2.38. The van der Waals surface area contributed by atoms with Crippen LogP contribution in [0.15, 0.2) is 23.3 Å². The Bertz CT molecular complexity index is 833. The average molecular weight is 375 g/mol. The minimum atomic E-state index is -1.15. The number of azide groups is 1. The highest BCUT2D eigenvalue weighted by Gasteiger charge is 2.44. The molecule has 11 heteroatoms. The molecule has 0 aromatic heterocycles. The Morgan fingerprint density at radius 2 is 2.19 bits per heavy atom. The lowest BCUT2D eigenvalue weighted by molar-refractivity contribution is -0.385. The molecule has 1 fully saturated rings. The second-order valence-corrected chi connectivity index (χ2v) is 5.79. The molecule has 142 valence electrons. The largest absolute Gasteiger partial charge is 0.368 e. The van der Waals surface area contributed by atoms with Gasteiger partial charge in [-0.2, -0.15) is 0 Å². The van der Waals surface area contributed by atoms with Gasteiger partial charge in [-0.05, 0) is 24.1 Å². The number of rotatable bonds is 8. The van der Waals surface area contributed by atoms with Crippen LogP contribution in [0.5, 0.6) is 0 Å². The lowest BCUT2D eigenvalue weighted by atomic mass is 10.1. The normalized spacial score (nSPS) is 16.3. The Morgan fingerprint density at radius 3 is 2.81 bits per heavy atom. The number of hydrogen-bond acceptors (Lipinski definition) is 7. The van der Waals surface area contributed by atoms with Crippen LogP contribution < -0.4 is 0 Å². The van der Waals surface area contributed by atoms with Gasteiger partial charge in [0, 0.05) is 23.3 Å². The van der Waals surface area contributed by atoms with Gasteiger partial charge in [0.15, 0.2) is 0 Å². The molecule has 0 aliphatic carbocycles.